The number of hydrogen-bond donors (Lipinski definition) is 1. The zero-order valence-corrected chi connectivity index (χ0v) is 14.3. The van der Waals surface area contributed by atoms with Crippen LogP contribution in [0, 0.1) is 0 Å². The van der Waals surface area contributed by atoms with Crippen LogP contribution in [-0.4, -0.2) is 34.0 Å². The Morgan fingerprint density at radius 3 is 2.76 bits per heavy atom. The van der Waals surface area contributed by atoms with Gasteiger partial charge in [0, 0.05) is 12.6 Å². The van der Waals surface area contributed by atoms with E-state index in [4.69, 9.17) is 9.97 Å². The molecule has 0 aliphatic heterocycles. The number of hydrogen-bond acceptors (Lipinski definition) is 5. The second-order valence-corrected chi connectivity index (χ2v) is 6.27. The molecule has 0 amide bonds. The topological polar surface area (TPSA) is 41.1 Å². The predicted molar refractivity (Wildman–Crippen MR) is 92.0 cm³/mol. The Morgan fingerprint density at radius 1 is 1.29 bits per heavy atom. The molecule has 116 valence electrons. The van der Waals surface area contributed by atoms with Gasteiger partial charge in [-0.15, -0.1) is 11.3 Å². The van der Waals surface area contributed by atoms with Gasteiger partial charge >= 0.3 is 0 Å². The average molecular weight is 306 g/mol. The van der Waals surface area contributed by atoms with Crippen LogP contribution in [-0.2, 0) is 6.54 Å². The third kappa shape index (κ3) is 3.92. The molecule has 2 aromatic rings. The molecule has 0 fully saturated rings. The summed E-state index contributed by atoms with van der Waals surface area (Å²) in [4.78, 5) is 13.0. The summed E-state index contributed by atoms with van der Waals surface area (Å²) in [6.45, 7) is 11.7. The number of nitrogens with zero attached hydrogens (tertiary/aromatic N) is 3. The lowest BCUT2D eigenvalue weighted by Gasteiger charge is -2.26. The van der Waals surface area contributed by atoms with Gasteiger partial charge in [-0.2, -0.15) is 0 Å². The maximum absolute atomic E-state index is 4.76. The lowest BCUT2D eigenvalue weighted by atomic mass is 10.2. The van der Waals surface area contributed by atoms with Gasteiger partial charge < -0.3 is 5.32 Å². The second-order valence-electron chi connectivity index (χ2n) is 5.38. The van der Waals surface area contributed by atoms with Crippen LogP contribution >= 0.6 is 11.3 Å². The molecule has 5 heteroatoms. The van der Waals surface area contributed by atoms with Crippen LogP contribution in [0.25, 0.3) is 10.2 Å². The van der Waals surface area contributed by atoms with Gasteiger partial charge in [-0.25, -0.2) is 9.97 Å². The van der Waals surface area contributed by atoms with Gasteiger partial charge in [0.1, 0.15) is 16.5 Å². The van der Waals surface area contributed by atoms with Crippen molar-refractivity contribution in [3.8, 4) is 0 Å². The summed E-state index contributed by atoms with van der Waals surface area (Å²) < 4.78 is 0. The van der Waals surface area contributed by atoms with Gasteiger partial charge in [0.25, 0.3) is 0 Å². The van der Waals surface area contributed by atoms with E-state index in [1.54, 1.807) is 11.3 Å². The first-order chi connectivity index (χ1) is 10.2. The highest BCUT2D eigenvalue weighted by atomic mass is 32.1. The average Bonchev–Trinajstić information content (AvgIpc) is 2.97. The minimum atomic E-state index is 0.560. The molecule has 0 aliphatic carbocycles. The Hall–Kier alpha value is -1.20. The van der Waals surface area contributed by atoms with E-state index in [0.717, 1.165) is 54.3 Å². The summed E-state index contributed by atoms with van der Waals surface area (Å²) in [5.74, 6) is 1.91. The molecule has 1 atom stereocenters. The van der Waals surface area contributed by atoms with E-state index >= 15 is 0 Å². The molecule has 4 nitrogen and oxygen atoms in total. The highest BCUT2D eigenvalue weighted by Crippen LogP contribution is 2.25. The van der Waals surface area contributed by atoms with Crippen LogP contribution in [0.4, 0.5) is 5.82 Å². The fraction of sp³-hybridized carbons (Fsp3) is 0.625. The zero-order valence-electron chi connectivity index (χ0n) is 13.5. The van der Waals surface area contributed by atoms with Crippen molar-refractivity contribution in [1.29, 1.82) is 0 Å². The first-order valence-electron chi connectivity index (χ1n) is 7.91. The molecule has 0 spiro atoms. The van der Waals surface area contributed by atoms with Crippen LogP contribution < -0.4 is 5.32 Å². The smallest absolute Gasteiger partial charge is 0.146 e. The zero-order chi connectivity index (χ0) is 15.2. The quantitative estimate of drug-likeness (QED) is 0.796. The number of anilines is 1. The third-order valence-electron chi connectivity index (χ3n) is 3.88. The molecule has 2 aromatic heterocycles. The van der Waals surface area contributed by atoms with Gasteiger partial charge in [-0.1, -0.05) is 20.8 Å². The molecule has 21 heavy (non-hydrogen) atoms. The highest BCUT2D eigenvalue weighted by molar-refractivity contribution is 7.16. The molecule has 0 aromatic carbocycles. The molecule has 0 bridgehead atoms. The monoisotopic (exact) mass is 306 g/mol. The third-order valence-corrected chi connectivity index (χ3v) is 4.69. The van der Waals surface area contributed by atoms with Crippen molar-refractivity contribution in [2.75, 3.05) is 18.4 Å². The van der Waals surface area contributed by atoms with E-state index < -0.39 is 0 Å². The molecule has 1 N–H and O–H groups in total. The van der Waals surface area contributed by atoms with Crippen LogP contribution in [0.2, 0.25) is 0 Å². The van der Waals surface area contributed by atoms with Crippen molar-refractivity contribution in [1.82, 2.24) is 14.9 Å². The summed E-state index contributed by atoms with van der Waals surface area (Å²) in [5.41, 5.74) is 0. The molecule has 0 saturated carbocycles. The van der Waals surface area contributed by atoms with E-state index in [9.17, 15) is 0 Å². The fourth-order valence-electron chi connectivity index (χ4n) is 2.37. The summed E-state index contributed by atoms with van der Waals surface area (Å²) in [7, 11) is 0. The summed E-state index contributed by atoms with van der Waals surface area (Å²) in [6.07, 6.45) is 2.24. The van der Waals surface area contributed by atoms with Crippen molar-refractivity contribution in [2.24, 2.45) is 0 Å². The van der Waals surface area contributed by atoms with Crippen molar-refractivity contribution < 1.29 is 0 Å². The summed E-state index contributed by atoms with van der Waals surface area (Å²) in [6, 6.07) is 2.67. The predicted octanol–water partition coefficient (Wildman–Crippen LogP) is 4.13. The lowest BCUT2D eigenvalue weighted by Crippen LogP contribution is -2.32. The van der Waals surface area contributed by atoms with Crippen molar-refractivity contribution in [3.63, 3.8) is 0 Å². The van der Waals surface area contributed by atoms with E-state index in [-0.39, 0.29) is 0 Å². The highest BCUT2D eigenvalue weighted by Gasteiger charge is 2.14. The largest absolute Gasteiger partial charge is 0.369 e. The molecule has 0 aliphatic rings. The number of thiophene rings is 1. The first-order valence-corrected chi connectivity index (χ1v) is 8.79. The van der Waals surface area contributed by atoms with Crippen molar-refractivity contribution in [2.45, 2.75) is 53.1 Å². The molecule has 2 rings (SSSR count). The lowest BCUT2D eigenvalue weighted by molar-refractivity contribution is 0.201. The number of nitrogens with one attached hydrogen (secondary N) is 1. The fourth-order valence-corrected chi connectivity index (χ4v) is 3.15. The Labute approximate surface area is 131 Å². The first kappa shape index (κ1) is 16.2. The van der Waals surface area contributed by atoms with Gasteiger partial charge in [-0.3, -0.25) is 4.90 Å². The van der Waals surface area contributed by atoms with Gasteiger partial charge in [0.05, 0.1) is 11.9 Å². The van der Waals surface area contributed by atoms with E-state index in [0.29, 0.717) is 6.04 Å². The molecular formula is C16H26N4S. The maximum Gasteiger partial charge on any atom is 0.146 e. The van der Waals surface area contributed by atoms with E-state index in [1.165, 1.54) is 0 Å². The van der Waals surface area contributed by atoms with Gasteiger partial charge in [0.15, 0.2) is 0 Å². The Kier molecular flexibility index (Phi) is 5.94. The summed E-state index contributed by atoms with van der Waals surface area (Å²) >= 11 is 1.69. The molecular weight excluding hydrogens is 280 g/mol. The molecule has 0 saturated heterocycles. The van der Waals surface area contributed by atoms with Crippen molar-refractivity contribution >= 4 is 27.4 Å². The van der Waals surface area contributed by atoms with Crippen molar-refractivity contribution in [3.05, 3.63) is 17.3 Å². The van der Waals surface area contributed by atoms with Crippen LogP contribution in [0.15, 0.2) is 11.4 Å². The molecule has 0 radical (unpaired) electrons. The van der Waals surface area contributed by atoms with Gasteiger partial charge in [0.2, 0.25) is 0 Å². The van der Waals surface area contributed by atoms with Crippen LogP contribution in [0.5, 0.6) is 0 Å². The number of fused-ring (bicyclic) bond motifs is 1. The standard InChI is InChI=1S/C16H26N4S/c1-5-9-17-15-13-8-10-21-16(13)19-14(18-15)11-20(7-3)12(4)6-2/h8,10,12H,5-7,9,11H2,1-4H3,(H,17,18,19). The Morgan fingerprint density at radius 2 is 2.10 bits per heavy atom. The SMILES string of the molecule is CCCNc1nc(CN(CC)C(C)CC)nc2sccc12. The van der Waals surface area contributed by atoms with E-state index in [2.05, 4.69) is 49.4 Å². The van der Waals surface area contributed by atoms with E-state index in [1.807, 2.05) is 0 Å². The number of aromatic nitrogens is 2. The minimum absolute atomic E-state index is 0.560. The maximum atomic E-state index is 4.76. The van der Waals surface area contributed by atoms with Crippen LogP contribution in [0.1, 0.15) is 46.4 Å². The number of rotatable bonds is 8. The Bertz CT molecular complexity index is 566. The van der Waals surface area contributed by atoms with Crippen LogP contribution in [0.3, 0.4) is 0 Å². The Balaban J connectivity index is 2.26. The molecule has 1 unspecified atom stereocenters. The normalized spacial score (nSPS) is 13.0. The van der Waals surface area contributed by atoms with Gasteiger partial charge in [-0.05, 0) is 37.8 Å². The minimum Gasteiger partial charge on any atom is -0.369 e. The summed E-state index contributed by atoms with van der Waals surface area (Å²) in [5, 5.41) is 6.67. The second kappa shape index (κ2) is 7.71. The molecule has 2 heterocycles.